The van der Waals surface area contributed by atoms with E-state index in [2.05, 4.69) is 112 Å². The second-order valence-electron chi connectivity index (χ2n) is 11.9. The highest BCUT2D eigenvalue weighted by Crippen LogP contribution is 2.40. The molecule has 1 aliphatic heterocycles. The first-order valence-electron chi connectivity index (χ1n) is 15.1. The molecular weight excluding hydrogens is 521 g/mol. The summed E-state index contributed by atoms with van der Waals surface area (Å²) in [4.78, 5) is 0. The van der Waals surface area contributed by atoms with Crippen LogP contribution in [0.15, 0.2) is 60.7 Å². The second kappa shape index (κ2) is 16.5. The number of thioether (sulfide) groups is 2. The van der Waals surface area contributed by atoms with Gasteiger partial charge in [0.2, 0.25) is 0 Å². The van der Waals surface area contributed by atoms with Crippen LogP contribution in [-0.4, -0.2) is 41.7 Å². The van der Waals surface area contributed by atoms with E-state index >= 15 is 0 Å². The Bertz CT molecular complexity index is 841. The van der Waals surface area contributed by atoms with Gasteiger partial charge in [-0.3, -0.25) is 0 Å². The molecule has 0 saturated carbocycles. The van der Waals surface area contributed by atoms with Crippen LogP contribution in [0.1, 0.15) is 98.3 Å². The Morgan fingerprint density at radius 1 is 0.789 bits per heavy atom. The Labute approximate surface area is 243 Å². The van der Waals surface area contributed by atoms with Crippen molar-refractivity contribution in [2.24, 2.45) is 0 Å². The van der Waals surface area contributed by atoms with Gasteiger partial charge in [-0.05, 0) is 34.7 Å². The molecule has 1 N–H and O–H groups in total. The van der Waals surface area contributed by atoms with Gasteiger partial charge in [-0.25, -0.2) is 0 Å². The van der Waals surface area contributed by atoms with Crippen LogP contribution in [-0.2, 0) is 4.43 Å². The third-order valence-electron chi connectivity index (χ3n) is 7.91. The van der Waals surface area contributed by atoms with Gasteiger partial charge in [0.1, 0.15) is 0 Å². The number of aliphatic hydroxyl groups is 1. The molecule has 0 aromatic heterocycles. The highest BCUT2D eigenvalue weighted by atomic mass is 32.2. The minimum absolute atomic E-state index is 0.0793. The van der Waals surface area contributed by atoms with Crippen molar-refractivity contribution in [2.75, 3.05) is 11.5 Å². The smallest absolute Gasteiger partial charge is 0.261 e. The lowest BCUT2D eigenvalue weighted by Gasteiger charge is -2.46. The minimum atomic E-state index is -2.70. The first-order valence-corrected chi connectivity index (χ1v) is 19.1. The van der Waals surface area contributed by atoms with Crippen LogP contribution >= 0.6 is 23.5 Å². The van der Waals surface area contributed by atoms with Crippen molar-refractivity contribution in [2.45, 2.75) is 120 Å². The molecule has 1 aliphatic rings. The summed E-state index contributed by atoms with van der Waals surface area (Å²) in [6, 6.07) is 21.8. The molecule has 2 atom stereocenters. The number of benzene rings is 2. The number of hydrogen-bond donors (Lipinski definition) is 1. The molecule has 0 radical (unpaired) electrons. The van der Waals surface area contributed by atoms with Gasteiger partial charge in [0, 0.05) is 11.5 Å². The number of hydrogen-bond acceptors (Lipinski definition) is 4. The Balaban J connectivity index is 1.82. The van der Waals surface area contributed by atoms with Gasteiger partial charge in [0.15, 0.2) is 0 Å². The molecule has 5 heteroatoms. The molecule has 1 heterocycles. The number of rotatable bonds is 17. The fourth-order valence-electron chi connectivity index (χ4n) is 5.79. The van der Waals surface area contributed by atoms with Crippen LogP contribution in [0, 0.1) is 0 Å². The average Bonchev–Trinajstić information content (AvgIpc) is 3.45. The van der Waals surface area contributed by atoms with Crippen molar-refractivity contribution in [1.82, 2.24) is 0 Å². The maximum atomic E-state index is 11.7. The lowest BCUT2D eigenvalue weighted by atomic mass is 10.0. The van der Waals surface area contributed by atoms with E-state index in [0.29, 0.717) is 4.58 Å². The molecule has 0 bridgehead atoms. The highest BCUT2D eigenvalue weighted by molar-refractivity contribution is 8.20. The summed E-state index contributed by atoms with van der Waals surface area (Å²) in [7, 11) is -2.70. The van der Waals surface area contributed by atoms with Crippen molar-refractivity contribution in [3.63, 3.8) is 0 Å². The predicted molar refractivity (Wildman–Crippen MR) is 174 cm³/mol. The maximum Gasteiger partial charge on any atom is 0.261 e. The highest BCUT2D eigenvalue weighted by Gasteiger charge is 2.52. The molecule has 0 amide bonds. The molecule has 1 fully saturated rings. The molecule has 2 unspecified atom stereocenters. The average molecular weight is 573 g/mol. The minimum Gasteiger partial charge on any atom is -0.402 e. The van der Waals surface area contributed by atoms with E-state index in [-0.39, 0.29) is 11.1 Å². The van der Waals surface area contributed by atoms with Gasteiger partial charge in [-0.1, -0.05) is 140 Å². The van der Waals surface area contributed by atoms with E-state index in [0.717, 1.165) is 25.7 Å². The Kier molecular flexibility index (Phi) is 13.8. The molecule has 0 spiro atoms. The van der Waals surface area contributed by atoms with Gasteiger partial charge in [-0.15, -0.1) is 23.5 Å². The molecular formula is C33H52O2S2Si. The molecule has 3 rings (SSSR count). The monoisotopic (exact) mass is 572 g/mol. The quantitative estimate of drug-likeness (QED) is 0.152. The first-order chi connectivity index (χ1) is 18.4. The third kappa shape index (κ3) is 9.16. The van der Waals surface area contributed by atoms with Gasteiger partial charge < -0.3 is 9.53 Å². The molecule has 212 valence electrons. The van der Waals surface area contributed by atoms with Crippen LogP contribution in [0.25, 0.3) is 0 Å². The summed E-state index contributed by atoms with van der Waals surface area (Å²) in [5, 5.41) is 14.2. The predicted octanol–water partition coefficient (Wildman–Crippen LogP) is 8.41. The topological polar surface area (TPSA) is 29.5 Å². The normalized spacial score (nSPS) is 16.6. The Hall–Kier alpha value is -0.723. The summed E-state index contributed by atoms with van der Waals surface area (Å²) < 4.78 is 8.11. The summed E-state index contributed by atoms with van der Waals surface area (Å²) in [6.07, 6.45) is 12.6. The zero-order chi connectivity index (χ0) is 27.3. The molecule has 2 aromatic carbocycles. The van der Waals surface area contributed by atoms with Gasteiger partial charge in [0.05, 0.1) is 16.8 Å². The summed E-state index contributed by atoms with van der Waals surface area (Å²) >= 11 is 4.12. The van der Waals surface area contributed by atoms with E-state index in [9.17, 15) is 5.11 Å². The van der Waals surface area contributed by atoms with E-state index in [1.807, 2.05) is 0 Å². The largest absolute Gasteiger partial charge is 0.402 e. The number of aliphatic hydroxyl groups excluding tert-OH is 1. The molecule has 1 saturated heterocycles. The Morgan fingerprint density at radius 3 is 1.79 bits per heavy atom. The van der Waals surface area contributed by atoms with Crippen molar-refractivity contribution >= 4 is 42.2 Å². The summed E-state index contributed by atoms with van der Waals surface area (Å²) in [5.41, 5.74) is 0. The van der Waals surface area contributed by atoms with Crippen molar-refractivity contribution in [3.05, 3.63) is 60.7 Å². The summed E-state index contributed by atoms with van der Waals surface area (Å²) in [5.74, 6) is 2.48. The molecule has 2 aromatic rings. The molecule has 38 heavy (non-hydrogen) atoms. The van der Waals surface area contributed by atoms with Gasteiger partial charge in [0.25, 0.3) is 8.32 Å². The standard InChI is InChI=1S/C33H52O2S2Si/c1-5-6-7-8-9-10-11-18-23-31(30(34)24-25-32-36-26-27-37-32)35-38(33(2,3)4,28-19-14-12-15-20-28)29-21-16-13-17-22-29/h12-17,19-22,30-32,34H,5-11,18,23-27H2,1-4H3. The third-order valence-corrected chi connectivity index (χ3v) is 16.1. The SMILES string of the molecule is CCCCCCCCCCC(O[Si](c1ccccc1)(c1ccccc1)C(C)(C)C)C(O)CCC1SCCS1. The van der Waals surface area contributed by atoms with Crippen molar-refractivity contribution in [1.29, 1.82) is 0 Å². The van der Waals surface area contributed by atoms with Crippen LogP contribution in [0.2, 0.25) is 5.04 Å². The lowest BCUT2D eigenvalue weighted by molar-refractivity contribution is 0.0182. The van der Waals surface area contributed by atoms with E-state index in [1.165, 1.54) is 66.8 Å². The van der Waals surface area contributed by atoms with E-state index in [4.69, 9.17) is 4.43 Å². The van der Waals surface area contributed by atoms with Crippen LogP contribution in [0.5, 0.6) is 0 Å². The molecule has 2 nitrogen and oxygen atoms in total. The van der Waals surface area contributed by atoms with Crippen LogP contribution in [0.4, 0.5) is 0 Å². The van der Waals surface area contributed by atoms with Crippen LogP contribution < -0.4 is 10.4 Å². The fourth-order valence-corrected chi connectivity index (χ4v) is 13.4. The maximum absolute atomic E-state index is 11.7. The van der Waals surface area contributed by atoms with Gasteiger partial charge >= 0.3 is 0 Å². The first kappa shape index (κ1) is 31.8. The fraction of sp³-hybridized carbons (Fsp3) is 0.636. The Morgan fingerprint density at radius 2 is 1.29 bits per heavy atom. The van der Waals surface area contributed by atoms with E-state index in [1.54, 1.807) is 0 Å². The van der Waals surface area contributed by atoms with E-state index < -0.39 is 14.4 Å². The second-order valence-corrected chi connectivity index (χ2v) is 19.1. The van der Waals surface area contributed by atoms with Gasteiger partial charge in [-0.2, -0.15) is 0 Å². The zero-order valence-corrected chi connectivity index (χ0v) is 27.0. The lowest BCUT2D eigenvalue weighted by Crippen LogP contribution is -2.68. The van der Waals surface area contributed by atoms with Crippen molar-refractivity contribution < 1.29 is 9.53 Å². The van der Waals surface area contributed by atoms with Crippen LogP contribution in [0.3, 0.4) is 0 Å². The number of unbranched alkanes of at least 4 members (excludes halogenated alkanes) is 7. The molecule has 0 aliphatic carbocycles. The summed E-state index contributed by atoms with van der Waals surface area (Å²) in [6.45, 7) is 9.29. The zero-order valence-electron chi connectivity index (χ0n) is 24.4. The van der Waals surface area contributed by atoms with Crippen molar-refractivity contribution in [3.8, 4) is 0 Å².